The highest BCUT2D eigenvalue weighted by Crippen LogP contribution is 2.14. The molecule has 0 radical (unpaired) electrons. The van der Waals surface area contributed by atoms with Gasteiger partial charge in [0.15, 0.2) is 0 Å². The number of rotatable bonds is 6. The lowest BCUT2D eigenvalue weighted by atomic mass is 9.97. The number of terminal acetylenes is 1. The smallest absolute Gasteiger partial charge is 0.0200 e. The van der Waals surface area contributed by atoms with Crippen LogP contribution in [0, 0.1) is 18.3 Å². The molecule has 0 aliphatic carbocycles. The topological polar surface area (TPSA) is 0 Å². The first-order chi connectivity index (χ1) is 5.35. The Morgan fingerprint density at radius 2 is 1.55 bits per heavy atom. The molecule has 64 valence electrons. The van der Waals surface area contributed by atoms with Gasteiger partial charge in [-0.1, -0.05) is 39.5 Å². The van der Waals surface area contributed by atoms with Crippen LogP contribution in [0.1, 0.15) is 52.4 Å². The molecule has 0 spiro atoms. The predicted molar refractivity (Wildman–Crippen MR) is 51.4 cm³/mol. The van der Waals surface area contributed by atoms with Crippen LogP contribution in [-0.4, -0.2) is 0 Å². The summed E-state index contributed by atoms with van der Waals surface area (Å²) in [7, 11) is 0. The van der Waals surface area contributed by atoms with Gasteiger partial charge in [-0.25, -0.2) is 0 Å². The lowest BCUT2D eigenvalue weighted by Gasteiger charge is -2.07. The van der Waals surface area contributed by atoms with Gasteiger partial charge < -0.3 is 0 Å². The van der Waals surface area contributed by atoms with E-state index in [1.165, 1.54) is 38.5 Å². The highest BCUT2D eigenvalue weighted by Gasteiger charge is 2.02. The van der Waals surface area contributed by atoms with E-state index < -0.39 is 0 Å². The van der Waals surface area contributed by atoms with Gasteiger partial charge in [0.1, 0.15) is 0 Å². The van der Waals surface area contributed by atoms with E-state index in [-0.39, 0.29) is 0 Å². The van der Waals surface area contributed by atoms with E-state index in [1.807, 2.05) is 0 Å². The van der Waals surface area contributed by atoms with Crippen molar-refractivity contribution in [3.8, 4) is 12.3 Å². The van der Waals surface area contributed by atoms with Crippen molar-refractivity contribution in [3.63, 3.8) is 0 Å². The van der Waals surface area contributed by atoms with Crippen molar-refractivity contribution < 1.29 is 0 Å². The van der Waals surface area contributed by atoms with Crippen LogP contribution in [0.25, 0.3) is 0 Å². The van der Waals surface area contributed by atoms with Gasteiger partial charge in [0.05, 0.1) is 0 Å². The van der Waals surface area contributed by atoms with Crippen LogP contribution in [0.3, 0.4) is 0 Å². The van der Waals surface area contributed by atoms with Crippen LogP contribution in [0.4, 0.5) is 0 Å². The number of hydrogen-bond donors (Lipinski definition) is 0. The monoisotopic (exact) mass is 152 g/mol. The Morgan fingerprint density at radius 1 is 1.09 bits per heavy atom. The van der Waals surface area contributed by atoms with Crippen molar-refractivity contribution in [2.45, 2.75) is 52.4 Å². The Morgan fingerprint density at radius 3 is 1.82 bits per heavy atom. The highest BCUT2D eigenvalue weighted by molar-refractivity contribution is 4.92. The van der Waals surface area contributed by atoms with Crippen molar-refractivity contribution in [3.05, 3.63) is 0 Å². The molecule has 0 atom stereocenters. The zero-order valence-electron chi connectivity index (χ0n) is 7.90. The molecule has 0 aliphatic heterocycles. The minimum absolute atomic E-state index is 0.551. The molecule has 0 aromatic rings. The fourth-order valence-corrected chi connectivity index (χ4v) is 1.21. The lowest BCUT2D eigenvalue weighted by Crippen LogP contribution is -1.96. The van der Waals surface area contributed by atoms with E-state index in [0.717, 1.165) is 0 Å². The lowest BCUT2D eigenvalue weighted by molar-refractivity contribution is 0.511. The molecule has 0 aliphatic rings. The number of unbranched alkanes of at least 4 members (excludes halogenated alkanes) is 2. The second-order valence-electron chi connectivity index (χ2n) is 3.15. The summed E-state index contributed by atoms with van der Waals surface area (Å²) < 4.78 is 0. The van der Waals surface area contributed by atoms with Crippen molar-refractivity contribution in [2.24, 2.45) is 5.92 Å². The summed E-state index contributed by atoms with van der Waals surface area (Å²) in [5.74, 6) is 3.42. The molecule has 0 heterocycles. The molecule has 0 aromatic heterocycles. The Labute approximate surface area is 71.4 Å². The molecule has 0 heteroatoms. The Bertz CT molecular complexity index is 99.7. The Balaban J connectivity index is 3.35. The molecule has 0 amide bonds. The third-order valence-corrected chi connectivity index (χ3v) is 2.05. The maximum absolute atomic E-state index is 5.40. The second kappa shape index (κ2) is 7.66. The minimum atomic E-state index is 0.551. The Hall–Kier alpha value is -0.440. The summed E-state index contributed by atoms with van der Waals surface area (Å²) in [6.07, 6.45) is 13.0. The first-order valence-corrected chi connectivity index (χ1v) is 4.81. The third-order valence-electron chi connectivity index (χ3n) is 2.05. The summed E-state index contributed by atoms with van der Waals surface area (Å²) in [5.41, 5.74) is 0. The average molecular weight is 152 g/mol. The SMILES string of the molecule is C#CC(CCCC)CCCC. The molecule has 0 unspecified atom stereocenters. The second-order valence-corrected chi connectivity index (χ2v) is 3.15. The highest BCUT2D eigenvalue weighted by atomic mass is 14.1. The van der Waals surface area contributed by atoms with Crippen LogP contribution in [0.15, 0.2) is 0 Å². The van der Waals surface area contributed by atoms with Crippen LogP contribution in [0.5, 0.6) is 0 Å². The molecule has 0 fully saturated rings. The van der Waals surface area contributed by atoms with E-state index >= 15 is 0 Å². The fourth-order valence-electron chi connectivity index (χ4n) is 1.21. The van der Waals surface area contributed by atoms with Crippen molar-refractivity contribution in [2.75, 3.05) is 0 Å². The molecule has 0 rings (SSSR count). The van der Waals surface area contributed by atoms with Crippen molar-refractivity contribution in [1.29, 1.82) is 0 Å². The van der Waals surface area contributed by atoms with Crippen LogP contribution >= 0.6 is 0 Å². The van der Waals surface area contributed by atoms with Crippen molar-refractivity contribution in [1.82, 2.24) is 0 Å². The summed E-state index contributed by atoms with van der Waals surface area (Å²) in [6, 6.07) is 0. The standard InChI is InChI=1S/C11H20/c1-4-7-9-11(6-3)10-8-5-2/h3,11H,4-5,7-10H2,1-2H3. The zero-order chi connectivity index (χ0) is 8.53. The fraction of sp³-hybridized carbons (Fsp3) is 0.818. The third kappa shape index (κ3) is 5.98. The predicted octanol–water partition coefficient (Wildman–Crippen LogP) is 3.62. The number of hydrogen-bond acceptors (Lipinski definition) is 0. The molecule has 0 saturated heterocycles. The zero-order valence-corrected chi connectivity index (χ0v) is 7.90. The molecular weight excluding hydrogens is 132 g/mol. The van der Waals surface area contributed by atoms with Gasteiger partial charge in [-0.15, -0.1) is 12.3 Å². The van der Waals surface area contributed by atoms with Gasteiger partial charge in [-0.2, -0.15) is 0 Å². The van der Waals surface area contributed by atoms with Crippen LogP contribution in [-0.2, 0) is 0 Å². The van der Waals surface area contributed by atoms with Gasteiger partial charge in [0.25, 0.3) is 0 Å². The first-order valence-electron chi connectivity index (χ1n) is 4.81. The first kappa shape index (κ1) is 10.6. The summed E-state index contributed by atoms with van der Waals surface area (Å²) in [6.45, 7) is 4.43. The largest absolute Gasteiger partial charge is 0.120 e. The molecule has 0 nitrogen and oxygen atoms in total. The quantitative estimate of drug-likeness (QED) is 0.510. The van der Waals surface area contributed by atoms with Gasteiger partial charge in [0, 0.05) is 5.92 Å². The van der Waals surface area contributed by atoms with Gasteiger partial charge in [-0.3, -0.25) is 0 Å². The van der Waals surface area contributed by atoms with Gasteiger partial charge in [-0.05, 0) is 12.8 Å². The van der Waals surface area contributed by atoms with Crippen LogP contribution in [0.2, 0.25) is 0 Å². The van der Waals surface area contributed by atoms with Crippen LogP contribution < -0.4 is 0 Å². The molecule has 0 bridgehead atoms. The van der Waals surface area contributed by atoms with Crippen molar-refractivity contribution >= 4 is 0 Å². The molecule has 0 saturated carbocycles. The maximum Gasteiger partial charge on any atom is 0.0200 e. The Kier molecular flexibility index (Phi) is 7.36. The van der Waals surface area contributed by atoms with E-state index in [2.05, 4.69) is 19.8 Å². The van der Waals surface area contributed by atoms with E-state index in [4.69, 9.17) is 6.42 Å². The maximum atomic E-state index is 5.40. The van der Waals surface area contributed by atoms with Gasteiger partial charge in [0.2, 0.25) is 0 Å². The summed E-state index contributed by atoms with van der Waals surface area (Å²) in [4.78, 5) is 0. The molecule has 0 N–H and O–H groups in total. The summed E-state index contributed by atoms with van der Waals surface area (Å²) in [5, 5.41) is 0. The molecular formula is C11H20. The minimum Gasteiger partial charge on any atom is -0.120 e. The molecule has 11 heavy (non-hydrogen) atoms. The van der Waals surface area contributed by atoms with E-state index in [0.29, 0.717) is 5.92 Å². The molecule has 0 aromatic carbocycles. The summed E-state index contributed by atoms with van der Waals surface area (Å²) >= 11 is 0. The van der Waals surface area contributed by atoms with E-state index in [1.54, 1.807) is 0 Å². The average Bonchev–Trinajstić information content (AvgIpc) is 2.05. The van der Waals surface area contributed by atoms with E-state index in [9.17, 15) is 0 Å². The van der Waals surface area contributed by atoms with Gasteiger partial charge >= 0.3 is 0 Å². The normalized spacial score (nSPS) is 10.0.